The topological polar surface area (TPSA) is 57.7 Å². The lowest BCUT2D eigenvalue weighted by molar-refractivity contribution is -0.131. The Bertz CT molecular complexity index is 824. The van der Waals surface area contributed by atoms with E-state index in [1.807, 2.05) is 48.5 Å². The molecule has 1 heterocycles. The lowest BCUT2D eigenvalue weighted by Crippen LogP contribution is -2.08. The number of thiazole rings is 1. The van der Waals surface area contributed by atoms with E-state index in [9.17, 15) is 4.79 Å². The van der Waals surface area contributed by atoms with Crippen LogP contribution < -0.4 is 14.2 Å². The van der Waals surface area contributed by atoms with Gasteiger partial charge in [-0.25, -0.2) is 4.98 Å². The van der Waals surface area contributed by atoms with Crippen LogP contribution in [0, 0.1) is 0 Å². The molecule has 0 bridgehead atoms. The summed E-state index contributed by atoms with van der Waals surface area (Å²) in [7, 11) is 3.25. The van der Waals surface area contributed by atoms with Gasteiger partial charge < -0.3 is 14.2 Å². The van der Waals surface area contributed by atoms with Gasteiger partial charge >= 0.3 is 5.97 Å². The van der Waals surface area contributed by atoms with Crippen molar-refractivity contribution in [3.8, 4) is 38.4 Å². The number of rotatable bonds is 6. The van der Waals surface area contributed by atoms with E-state index >= 15 is 0 Å². The summed E-state index contributed by atoms with van der Waals surface area (Å²) in [6.45, 7) is 0. The van der Waals surface area contributed by atoms with Crippen molar-refractivity contribution in [2.45, 2.75) is 0 Å². The molecule has 1 aromatic heterocycles. The summed E-state index contributed by atoms with van der Waals surface area (Å²) in [6, 6.07) is 15.2. The molecule has 5 nitrogen and oxygen atoms in total. The third-order valence-electron chi connectivity index (χ3n) is 3.65. The molecule has 0 fully saturated rings. The van der Waals surface area contributed by atoms with Crippen LogP contribution in [0.1, 0.15) is 0 Å². The molecule has 0 unspecified atom stereocenters. The summed E-state index contributed by atoms with van der Waals surface area (Å²) >= 11 is 5.25. The highest BCUT2D eigenvalue weighted by atomic mass is 32.1. The van der Waals surface area contributed by atoms with E-state index in [1.54, 1.807) is 14.2 Å². The van der Waals surface area contributed by atoms with Crippen LogP contribution in [0.15, 0.2) is 48.5 Å². The van der Waals surface area contributed by atoms with Gasteiger partial charge in [0.25, 0.3) is 5.19 Å². The fourth-order valence-electron chi connectivity index (χ4n) is 2.36. The van der Waals surface area contributed by atoms with Crippen molar-refractivity contribution >= 4 is 29.9 Å². The Morgan fingerprint density at radius 2 is 1.50 bits per heavy atom. The number of carbonyl (C=O) groups is 1. The highest BCUT2D eigenvalue weighted by Gasteiger charge is 2.18. The van der Waals surface area contributed by atoms with Crippen LogP contribution in [0.3, 0.4) is 0 Å². The third-order valence-corrected chi connectivity index (χ3v) is 4.89. The lowest BCUT2D eigenvalue weighted by atomic mass is 10.1. The smallest absolute Gasteiger partial charge is 0.322 e. The highest BCUT2D eigenvalue weighted by Crippen LogP contribution is 2.40. The molecule has 7 heteroatoms. The van der Waals surface area contributed by atoms with Gasteiger partial charge in [0, 0.05) is 5.56 Å². The Balaban J connectivity index is 2.05. The molecular weight excluding hydrogens is 370 g/mol. The molecule has 0 spiro atoms. The van der Waals surface area contributed by atoms with Crippen molar-refractivity contribution in [1.29, 1.82) is 0 Å². The molecule has 3 aromatic rings. The van der Waals surface area contributed by atoms with E-state index in [4.69, 9.17) is 14.2 Å². The van der Waals surface area contributed by atoms with Crippen LogP contribution in [0.25, 0.3) is 21.7 Å². The molecule has 0 N–H and O–H groups in total. The van der Waals surface area contributed by atoms with Crippen LogP contribution in [-0.4, -0.2) is 30.9 Å². The van der Waals surface area contributed by atoms with Crippen LogP contribution in [0.4, 0.5) is 0 Å². The number of carbonyl (C=O) groups excluding carboxylic acids is 1. The fourth-order valence-corrected chi connectivity index (χ4v) is 3.38. The molecule has 0 aliphatic rings. The normalized spacial score (nSPS) is 10.4. The van der Waals surface area contributed by atoms with Gasteiger partial charge in [0.1, 0.15) is 11.5 Å². The summed E-state index contributed by atoms with van der Waals surface area (Å²) in [4.78, 5) is 17.0. The highest BCUT2D eigenvalue weighted by molar-refractivity contribution is 7.81. The molecule has 26 heavy (non-hydrogen) atoms. The minimum absolute atomic E-state index is 0.00464. The SMILES string of the molecule is COc1ccc(-c2nc(OC(=O)CS)sc2-c2ccc(OC)cc2)cc1. The van der Waals surface area contributed by atoms with E-state index in [0.717, 1.165) is 33.2 Å². The summed E-state index contributed by atoms with van der Waals surface area (Å²) in [6.07, 6.45) is 0. The average molecular weight is 387 g/mol. The monoisotopic (exact) mass is 387 g/mol. The molecule has 0 aliphatic heterocycles. The second-order valence-corrected chi connectivity index (χ2v) is 6.52. The van der Waals surface area contributed by atoms with Crippen molar-refractivity contribution < 1.29 is 19.0 Å². The summed E-state index contributed by atoms with van der Waals surface area (Å²) in [5, 5.41) is 0.292. The predicted octanol–water partition coefficient (Wildman–Crippen LogP) is 4.33. The second kappa shape index (κ2) is 8.25. The van der Waals surface area contributed by atoms with E-state index in [2.05, 4.69) is 17.6 Å². The number of esters is 1. The Morgan fingerprint density at radius 1 is 0.962 bits per heavy atom. The number of thiol groups is 1. The fraction of sp³-hybridized carbons (Fsp3) is 0.158. The van der Waals surface area contributed by atoms with Crippen LogP contribution in [-0.2, 0) is 4.79 Å². The van der Waals surface area contributed by atoms with Gasteiger partial charge in [-0.1, -0.05) is 11.3 Å². The van der Waals surface area contributed by atoms with E-state index in [-0.39, 0.29) is 5.75 Å². The molecule has 0 atom stereocenters. The Kier molecular flexibility index (Phi) is 5.80. The molecule has 0 saturated heterocycles. The summed E-state index contributed by atoms with van der Waals surface area (Å²) in [5.74, 6) is 1.09. The maximum absolute atomic E-state index is 11.6. The first-order chi connectivity index (χ1) is 12.6. The maximum atomic E-state index is 11.6. The number of methoxy groups -OCH3 is 2. The van der Waals surface area contributed by atoms with Gasteiger partial charge in [0.05, 0.1) is 30.5 Å². The molecule has 0 amide bonds. The number of aromatic nitrogens is 1. The molecule has 3 rings (SSSR count). The molecule has 0 aliphatic carbocycles. The zero-order chi connectivity index (χ0) is 18.5. The Morgan fingerprint density at radius 3 is 2.00 bits per heavy atom. The summed E-state index contributed by atoms with van der Waals surface area (Å²) < 4.78 is 15.7. The number of nitrogens with zero attached hydrogens (tertiary/aromatic N) is 1. The zero-order valence-electron chi connectivity index (χ0n) is 14.3. The van der Waals surface area contributed by atoms with Crippen molar-refractivity contribution in [2.75, 3.05) is 20.0 Å². The van der Waals surface area contributed by atoms with Gasteiger partial charge in [-0.15, -0.1) is 0 Å². The molecule has 0 saturated carbocycles. The zero-order valence-corrected chi connectivity index (χ0v) is 16.0. The van der Waals surface area contributed by atoms with E-state index in [0.29, 0.717) is 5.19 Å². The van der Waals surface area contributed by atoms with Gasteiger partial charge in [-0.2, -0.15) is 12.6 Å². The molecular formula is C19H17NO4S2. The van der Waals surface area contributed by atoms with Crippen molar-refractivity contribution in [3.05, 3.63) is 48.5 Å². The van der Waals surface area contributed by atoms with Gasteiger partial charge in [-0.3, -0.25) is 4.79 Å². The van der Waals surface area contributed by atoms with Crippen LogP contribution >= 0.6 is 24.0 Å². The first-order valence-corrected chi connectivity index (χ1v) is 9.20. The number of hydrogen-bond donors (Lipinski definition) is 1. The standard InChI is InChI=1S/C19H17NO4S2/c1-22-14-7-3-12(4-8-14)17-18(13-5-9-15(23-2)10-6-13)26-19(20-17)24-16(21)11-25/h3-10,25H,11H2,1-2H3. The number of hydrogen-bond acceptors (Lipinski definition) is 7. The average Bonchev–Trinajstić information content (AvgIpc) is 3.11. The van der Waals surface area contributed by atoms with Crippen molar-refractivity contribution in [2.24, 2.45) is 0 Å². The maximum Gasteiger partial charge on any atom is 0.322 e. The number of ether oxygens (including phenoxy) is 3. The largest absolute Gasteiger partial charge is 0.497 e. The van der Waals surface area contributed by atoms with Crippen molar-refractivity contribution in [1.82, 2.24) is 4.98 Å². The van der Waals surface area contributed by atoms with Gasteiger partial charge in [0.2, 0.25) is 0 Å². The second-order valence-electron chi connectivity index (χ2n) is 5.25. The van der Waals surface area contributed by atoms with E-state index < -0.39 is 5.97 Å². The first kappa shape index (κ1) is 18.3. The minimum Gasteiger partial charge on any atom is -0.497 e. The molecule has 0 radical (unpaired) electrons. The third kappa shape index (κ3) is 4.00. The quantitative estimate of drug-likeness (QED) is 0.504. The van der Waals surface area contributed by atoms with Crippen LogP contribution in [0.2, 0.25) is 0 Å². The molecule has 134 valence electrons. The van der Waals surface area contributed by atoms with Gasteiger partial charge in [-0.05, 0) is 54.1 Å². The van der Waals surface area contributed by atoms with Crippen LogP contribution in [0.5, 0.6) is 16.7 Å². The van der Waals surface area contributed by atoms with Gasteiger partial charge in [0.15, 0.2) is 0 Å². The Labute approximate surface area is 161 Å². The van der Waals surface area contributed by atoms with Crippen molar-refractivity contribution in [3.63, 3.8) is 0 Å². The van der Waals surface area contributed by atoms with E-state index in [1.165, 1.54) is 11.3 Å². The summed E-state index contributed by atoms with van der Waals surface area (Å²) in [5.41, 5.74) is 2.60. The lowest BCUT2D eigenvalue weighted by Gasteiger charge is -2.05. The first-order valence-electron chi connectivity index (χ1n) is 7.76. The molecule has 2 aromatic carbocycles. The number of benzene rings is 2. The predicted molar refractivity (Wildman–Crippen MR) is 106 cm³/mol. The Hall–Kier alpha value is -2.51. The minimum atomic E-state index is -0.440.